The van der Waals surface area contributed by atoms with E-state index in [-0.39, 0.29) is 11.7 Å². The second-order valence-corrected chi connectivity index (χ2v) is 5.15. The number of phenolic OH excluding ortho intramolecular Hbond substituents is 1. The Morgan fingerprint density at radius 3 is 2.86 bits per heavy atom. The number of amides is 1. The predicted octanol–water partition coefficient (Wildman–Crippen LogP) is 3.16. The number of carbonyl (C=O) groups is 1. The third-order valence-corrected chi connectivity index (χ3v) is 3.66. The number of imidazole rings is 1. The summed E-state index contributed by atoms with van der Waals surface area (Å²) in [5.74, 6) is -0.107. The van der Waals surface area contributed by atoms with Crippen molar-refractivity contribution in [2.24, 2.45) is 0 Å². The number of fused-ring (bicyclic) bond motifs is 1. The highest BCUT2D eigenvalue weighted by atomic mass is 16.3. The average molecular weight is 295 g/mol. The first-order valence-corrected chi connectivity index (χ1v) is 7.16. The number of aromatic hydroxyl groups is 1. The lowest BCUT2D eigenvalue weighted by Crippen LogP contribution is -2.12. The summed E-state index contributed by atoms with van der Waals surface area (Å²) in [6.07, 6.45) is 2.65. The van der Waals surface area contributed by atoms with Gasteiger partial charge in [-0.3, -0.25) is 4.79 Å². The lowest BCUT2D eigenvalue weighted by molar-refractivity contribution is 0.102. The van der Waals surface area contributed by atoms with Gasteiger partial charge >= 0.3 is 0 Å². The Morgan fingerprint density at radius 2 is 2.14 bits per heavy atom. The van der Waals surface area contributed by atoms with Gasteiger partial charge in [-0.2, -0.15) is 0 Å². The first-order chi connectivity index (χ1) is 10.6. The van der Waals surface area contributed by atoms with Gasteiger partial charge in [-0.15, -0.1) is 0 Å². The first-order valence-electron chi connectivity index (χ1n) is 7.16. The molecule has 2 aromatic heterocycles. The second-order valence-electron chi connectivity index (χ2n) is 5.15. The number of aromatic nitrogens is 2. The maximum Gasteiger partial charge on any atom is 0.257 e. The lowest BCUT2D eigenvalue weighted by atomic mass is 10.2. The summed E-state index contributed by atoms with van der Waals surface area (Å²) in [6, 6.07) is 10.1. The van der Waals surface area contributed by atoms with E-state index in [9.17, 15) is 9.90 Å². The van der Waals surface area contributed by atoms with Crippen LogP contribution < -0.4 is 5.32 Å². The van der Waals surface area contributed by atoms with Crippen molar-refractivity contribution >= 4 is 17.2 Å². The minimum absolute atomic E-state index is 0.117. The molecule has 3 aromatic rings. The number of carbonyl (C=O) groups excluding carboxylic acids is 1. The minimum Gasteiger partial charge on any atom is -0.508 e. The molecule has 0 fully saturated rings. The SMILES string of the molecule is CCc1nc2ccc(C(=O)Nc3cccc(O)c3)cn2c1C. The van der Waals surface area contributed by atoms with Crippen LogP contribution >= 0.6 is 0 Å². The highest BCUT2D eigenvalue weighted by Crippen LogP contribution is 2.18. The molecule has 5 heteroatoms. The van der Waals surface area contributed by atoms with Gasteiger partial charge in [-0.25, -0.2) is 4.98 Å². The summed E-state index contributed by atoms with van der Waals surface area (Å²) in [5.41, 5.74) is 4.01. The molecule has 1 aromatic carbocycles. The van der Waals surface area contributed by atoms with Gasteiger partial charge in [0, 0.05) is 23.6 Å². The zero-order valence-corrected chi connectivity index (χ0v) is 12.5. The Labute approximate surface area is 128 Å². The number of benzene rings is 1. The highest BCUT2D eigenvalue weighted by Gasteiger charge is 2.11. The normalized spacial score (nSPS) is 10.8. The number of hydrogen-bond acceptors (Lipinski definition) is 3. The number of nitrogens with zero attached hydrogens (tertiary/aromatic N) is 2. The van der Waals surface area contributed by atoms with Gasteiger partial charge in [-0.05, 0) is 37.6 Å². The van der Waals surface area contributed by atoms with Crippen molar-refractivity contribution in [3.63, 3.8) is 0 Å². The summed E-state index contributed by atoms with van der Waals surface area (Å²) in [6.45, 7) is 4.06. The highest BCUT2D eigenvalue weighted by molar-refractivity contribution is 6.04. The number of anilines is 1. The standard InChI is InChI=1S/C17H17N3O2/c1-3-15-11(2)20-10-12(7-8-16(20)19-15)17(22)18-13-5-4-6-14(21)9-13/h4-10,21H,3H2,1-2H3,(H,18,22). The number of rotatable bonds is 3. The fourth-order valence-corrected chi connectivity index (χ4v) is 2.47. The number of aryl methyl sites for hydroxylation is 2. The molecule has 22 heavy (non-hydrogen) atoms. The molecular formula is C17H17N3O2. The van der Waals surface area contributed by atoms with Gasteiger partial charge in [0.2, 0.25) is 0 Å². The Kier molecular flexibility index (Phi) is 3.55. The van der Waals surface area contributed by atoms with Gasteiger partial charge in [0.25, 0.3) is 5.91 Å². The van der Waals surface area contributed by atoms with Crippen molar-refractivity contribution in [2.75, 3.05) is 5.32 Å². The summed E-state index contributed by atoms with van der Waals surface area (Å²) in [5, 5.41) is 12.2. The van der Waals surface area contributed by atoms with Crippen LogP contribution in [0.4, 0.5) is 5.69 Å². The van der Waals surface area contributed by atoms with Crippen molar-refractivity contribution in [2.45, 2.75) is 20.3 Å². The molecule has 0 spiro atoms. The van der Waals surface area contributed by atoms with E-state index >= 15 is 0 Å². The molecule has 0 bridgehead atoms. The number of pyridine rings is 1. The maximum atomic E-state index is 12.3. The second kappa shape index (κ2) is 5.52. The molecule has 112 valence electrons. The molecule has 0 saturated carbocycles. The molecule has 5 nitrogen and oxygen atoms in total. The number of nitrogens with one attached hydrogen (secondary N) is 1. The molecule has 0 atom stereocenters. The Balaban J connectivity index is 1.92. The maximum absolute atomic E-state index is 12.3. The van der Waals surface area contributed by atoms with Crippen LogP contribution in [0.2, 0.25) is 0 Å². The van der Waals surface area contributed by atoms with Gasteiger partial charge in [0.05, 0.1) is 11.3 Å². The van der Waals surface area contributed by atoms with E-state index in [4.69, 9.17) is 0 Å². The summed E-state index contributed by atoms with van der Waals surface area (Å²) >= 11 is 0. The van der Waals surface area contributed by atoms with Gasteiger partial charge in [-0.1, -0.05) is 13.0 Å². The van der Waals surface area contributed by atoms with E-state index in [2.05, 4.69) is 17.2 Å². The molecule has 1 amide bonds. The zero-order valence-electron chi connectivity index (χ0n) is 12.5. The van der Waals surface area contributed by atoms with Crippen LogP contribution in [0.1, 0.15) is 28.7 Å². The quantitative estimate of drug-likeness (QED) is 0.780. The molecule has 3 rings (SSSR count). The third-order valence-electron chi connectivity index (χ3n) is 3.66. The molecular weight excluding hydrogens is 278 g/mol. The van der Waals surface area contributed by atoms with E-state index in [1.807, 2.05) is 17.4 Å². The van der Waals surface area contributed by atoms with Crippen LogP contribution in [0.15, 0.2) is 42.6 Å². The Hall–Kier alpha value is -2.82. The summed E-state index contributed by atoms with van der Waals surface area (Å²) in [7, 11) is 0. The Bertz CT molecular complexity index is 852. The van der Waals surface area contributed by atoms with Crippen molar-refractivity contribution in [1.29, 1.82) is 0 Å². The molecule has 0 saturated heterocycles. The first kappa shape index (κ1) is 14.1. The van der Waals surface area contributed by atoms with Crippen LogP contribution in [0.5, 0.6) is 5.75 Å². The van der Waals surface area contributed by atoms with Crippen LogP contribution in [-0.2, 0) is 6.42 Å². The molecule has 0 unspecified atom stereocenters. The van der Waals surface area contributed by atoms with Crippen molar-refractivity contribution in [1.82, 2.24) is 9.38 Å². The van der Waals surface area contributed by atoms with Crippen LogP contribution in [0, 0.1) is 6.92 Å². The fraction of sp³-hybridized carbons (Fsp3) is 0.176. The van der Waals surface area contributed by atoms with Crippen molar-refractivity contribution in [3.8, 4) is 5.75 Å². The van der Waals surface area contributed by atoms with E-state index in [1.54, 1.807) is 30.5 Å². The fourth-order valence-electron chi connectivity index (χ4n) is 2.47. The monoisotopic (exact) mass is 295 g/mol. The smallest absolute Gasteiger partial charge is 0.257 e. The molecule has 2 heterocycles. The van der Waals surface area contributed by atoms with E-state index in [0.717, 1.165) is 23.5 Å². The van der Waals surface area contributed by atoms with E-state index < -0.39 is 0 Å². The predicted molar refractivity (Wildman–Crippen MR) is 85.4 cm³/mol. The average Bonchev–Trinajstić information content (AvgIpc) is 2.83. The molecule has 0 aliphatic carbocycles. The van der Waals surface area contributed by atoms with Crippen LogP contribution in [-0.4, -0.2) is 20.4 Å². The van der Waals surface area contributed by atoms with Crippen molar-refractivity contribution in [3.05, 3.63) is 59.5 Å². The molecule has 0 aliphatic rings. The van der Waals surface area contributed by atoms with Crippen molar-refractivity contribution < 1.29 is 9.90 Å². The topological polar surface area (TPSA) is 66.6 Å². The molecule has 2 N–H and O–H groups in total. The summed E-state index contributed by atoms with van der Waals surface area (Å²) < 4.78 is 1.93. The minimum atomic E-state index is -0.223. The zero-order chi connectivity index (χ0) is 15.7. The number of hydrogen-bond donors (Lipinski definition) is 2. The van der Waals surface area contributed by atoms with Crippen LogP contribution in [0.25, 0.3) is 5.65 Å². The van der Waals surface area contributed by atoms with E-state index in [1.165, 1.54) is 6.07 Å². The third kappa shape index (κ3) is 2.53. The van der Waals surface area contributed by atoms with Gasteiger partial charge in [0.15, 0.2) is 0 Å². The largest absolute Gasteiger partial charge is 0.508 e. The van der Waals surface area contributed by atoms with Gasteiger partial charge < -0.3 is 14.8 Å². The van der Waals surface area contributed by atoms with E-state index in [0.29, 0.717) is 11.3 Å². The van der Waals surface area contributed by atoms with Gasteiger partial charge in [0.1, 0.15) is 11.4 Å². The summed E-state index contributed by atoms with van der Waals surface area (Å²) in [4.78, 5) is 16.9. The molecule has 0 radical (unpaired) electrons. The molecule has 0 aliphatic heterocycles. The lowest BCUT2D eigenvalue weighted by Gasteiger charge is -2.06. The van der Waals surface area contributed by atoms with Crippen LogP contribution in [0.3, 0.4) is 0 Å². The Morgan fingerprint density at radius 1 is 1.32 bits per heavy atom. The number of phenols is 1.